The molecule has 6 heterocycles. The number of pyridine rings is 6. The van der Waals surface area contributed by atoms with E-state index in [4.69, 9.17) is 29.9 Å². The van der Waals surface area contributed by atoms with Gasteiger partial charge in [0.25, 0.3) is 0 Å². The van der Waals surface area contributed by atoms with Crippen LogP contribution in [-0.4, -0.2) is 29.9 Å². The van der Waals surface area contributed by atoms with Gasteiger partial charge in [-0.15, -0.1) is 0 Å². The minimum absolute atomic E-state index is 0.771. The van der Waals surface area contributed by atoms with Crippen molar-refractivity contribution >= 4 is 93.9 Å². The van der Waals surface area contributed by atoms with E-state index in [1.165, 1.54) is 43.1 Å². The number of fused-ring (bicyclic) bond motifs is 9. The highest BCUT2D eigenvalue weighted by atomic mass is 14.8. The summed E-state index contributed by atoms with van der Waals surface area (Å²) in [4.78, 5) is 31.3. The van der Waals surface area contributed by atoms with E-state index in [1.807, 2.05) is 60.7 Å². The Morgan fingerprint density at radius 3 is 1.18 bits per heavy atom. The van der Waals surface area contributed by atoms with Crippen molar-refractivity contribution in [3.05, 3.63) is 284 Å². The largest absolute Gasteiger partial charge is 0.246 e. The Morgan fingerprint density at radius 2 is 0.688 bits per heavy atom. The molecule has 0 fully saturated rings. The fourth-order valence-corrected chi connectivity index (χ4v) is 11.0. The molecule has 0 spiro atoms. The van der Waals surface area contributed by atoms with E-state index >= 15 is 0 Å². The first-order valence-corrected chi connectivity index (χ1v) is 26.7. The van der Waals surface area contributed by atoms with Crippen molar-refractivity contribution in [2.45, 2.75) is 0 Å². The second-order valence-corrected chi connectivity index (χ2v) is 19.9. The fraction of sp³-hybridized carbons (Fsp3) is 0. The lowest BCUT2D eigenvalue weighted by atomic mass is 9.95. The van der Waals surface area contributed by atoms with Crippen molar-refractivity contribution in [2.24, 2.45) is 0 Å². The van der Waals surface area contributed by atoms with Gasteiger partial charge in [0, 0.05) is 27.8 Å². The maximum absolute atomic E-state index is 5.28. The van der Waals surface area contributed by atoms with Gasteiger partial charge in [0.05, 0.1) is 67.3 Å². The number of benzene rings is 8. The molecule has 8 aromatic carbocycles. The van der Waals surface area contributed by atoms with Crippen LogP contribution in [0.3, 0.4) is 0 Å². The summed E-state index contributed by atoms with van der Waals surface area (Å²) in [5.74, 6) is 0. The molecule has 6 heteroatoms. The van der Waals surface area contributed by atoms with Crippen molar-refractivity contribution in [2.75, 3.05) is 0 Å². The molecule has 14 aromatic rings. The van der Waals surface area contributed by atoms with Gasteiger partial charge < -0.3 is 0 Å². The van der Waals surface area contributed by atoms with Crippen molar-refractivity contribution in [1.82, 2.24) is 29.9 Å². The highest BCUT2D eigenvalue weighted by Crippen LogP contribution is 2.38. The van der Waals surface area contributed by atoms with Gasteiger partial charge in [-0.2, -0.15) is 0 Å². The lowest BCUT2D eigenvalue weighted by molar-refractivity contribution is 1.30. The zero-order chi connectivity index (χ0) is 53.5. The number of allylic oxidation sites excluding steroid dienone is 6. The number of hydrogen-bond acceptors (Lipinski definition) is 6. The molecular weight excluding hydrogens is 973 g/mol. The van der Waals surface area contributed by atoms with Crippen molar-refractivity contribution in [3.8, 4) is 56.3 Å². The quantitative estimate of drug-likeness (QED) is 0.100. The molecule has 6 aromatic heterocycles. The average molecular weight is 1020 g/mol. The second kappa shape index (κ2) is 20.3. The minimum Gasteiger partial charge on any atom is -0.246 e. The third-order valence-corrected chi connectivity index (χ3v) is 14.9. The average Bonchev–Trinajstić information content (AvgIpc) is 3.53. The van der Waals surface area contributed by atoms with Crippen LogP contribution in [0.15, 0.2) is 268 Å². The first-order chi connectivity index (χ1) is 39.5. The molecule has 0 aliphatic heterocycles. The Morgan fingerprint density at radius 1 is 0.312 bits per heavy atom. The molecule has 0 atom stereocenters. The van der Waals surface area contributed by atoms with Gasteiger partial charge in [0.15, 0.2) is 0 Å². The lowest BCUT2D eigenvalue weighted by Gasteiger charge is -2.13. The van der Waals surface area contributed by atoms with Gasteiger partial charge in [-0.05, 0) is 168 Å². The number of nitrogens with zero attached hydrogens (tertiary/aromatic N) is 6. The molecule has 0 N–H and O–H groups in total. The van der Waals surface area contributed by atoms with Crippen LogP contribution in [0, 0.1) is 0 Å². The number of rotatable bonds is 10. The summed E-state index contributed by atoms with van der Waals surface area (Å²) in [6.45, 7) is 8.18. The summed E-state index contributed by atoms with van der Waals surface area (Å²) in [5, 5.41) is 11.7. The molecule has 14 rings (SSSR count). The Balaban J connectivity index is 0.848. The van der Waals surface area contributed by atoms with E-state index in [0.717, 1.165) is 111 Å². The summed E-state index contributed by atoms with van der Waals surface area (Å²) in [7, 11) is 0. The molecule has 0 bridgehead atoms. The Labute approximate surface area is 461 Å². The van der Waals surface area contributed by atoms with Crippen LogP contribution in [-0.2, 0) is 0 Å². The second-order valence-electron chi connectivity index (χ2n) is 19.9. The molecule has 0 aliphatic carbocycles. The zero-order valence-corrected chi connectivity index (χ0v) is 43.5. The van der Waals surface area contributed by atoms with Crippen LogP contribution in [0.5, 0.6) is 0 Å². The van der Waals surface area contributed by atoms with E-state index < -0.39 is 0 Å². The summed E-state index contributed by atoms with van der Waals surface area (Å²) in [6.07, 6.45) is 13.8. The van der Waals surface area contributed by atoms with E-state index in [-0.39, 0.29) is 0 Å². The normalized spacial score (nSPS) is 12.4. The minimum atomic E-state index is 0.771. The zero-order valence-electron chi connectivity index (χ0n) is 43.5. The molecule has 0 saturated carbocycles. The highest BCUT2D eigenvalue weighted by molar-refractivity contribution is 6.15. The van der Waals surface area contributed by atoms with Gasteiger partial charge in [-0.1, -0.05) is 171 Å². The molecule has 0 saturated heterocycles. The molecule has 0 aliphatic rings. The van der Waals surface area contributed by atoms with E-state index in [9.17, 15) is 0 Å². The number of aromatic nitrogens is 6. The first kappa shape index (κ1) is 47.6. The predicted octanol–water partition coefficient (Wildman–Crippen LogP) is 17.0. The highest BCUT2D eigenvalue weighted by Gasteiger charge is 2.16. The molecule has 80 heavy (non-hydrogen) atoms. The first-order valence-electron chi connectivity index (χ1n) is 26.7. The van der Waals surface area contributed by atoms with Gasteiger partial charge in [0.2, 0.25) is 0 Å². The molecule has 374 valence electrons. The molecular formula is C74H48N6. The van der Waals surface area contributed by atoms with Crippen molar-refractivity contribution in [3.63, 3.8) is 0 Å². The SMILES string of the molecule is C=C\C=C/C=C\C=c1\cccc\c1=C\C(=C)c1ccc2nc(-c3cc(-c4ccc5nc(-c6cc7ccccc7c7ccccc67)ccc5n4)cc(-c4ccc5nc(-c6cc7ccccc7c7ccccc67)ccc5n4)c3)ccc2n1. The third kappa shape index (κ3) is 8.96. The summed E-state index contributed by atoms with van der Waals surface area (Å²) in [6, 6.07) is 78.2. The predicted molar refractivity (Wildman–Crippen MR) is 335 cm³/mol. The maximum Gasteiger partial charge on any atom is 0.0894 e. The van der Waals surface area contributed by atoms with Gasteiger partial charge in [0.1, 0.15) is 0 Å². The van der Waals surface area contributed by atoms with Gasteiger partial charge >= 0.3 is 0 Å². The number of hydrogen-bond donors (Lipinski definition) is 0. The summed E-state index contributed by atoms with van der Waals surface area (Å²) in [5.41, 5.74) is 15.5. The molecule has 6 nitrogen and oxygen atoms in total. The fourth-order valence-electron chi connectivity index (χ4n) is 11.0. The van der Waals surface area contributed by atoms with Crippen LogP contribution in [0.2, 0.25) is 0 Å². The maximum atomic E-state index is 5.28. The van der Waals surface area contributed by atoms with E-state index in [1.54, 1.807) is 6.08 Å². The molecule has 0 amide bonds. The van der Waals surface area contributed by atoms with Crippen molar-refractivity contribution < 1.29 is 0 Å². The summed E-state index contributed by atoms with van der Waals surface area (Å²) >= 11 is 0. The molecule has 0 unspecified atom stereocenters. The monoisotopic (exact) mass is 1020 g/mol. The van der Waals surface area contributed by atoms with Crippen LogP contribution in [0.4, 0.5) is 0 Å². The summed E-state index contributed by atoms with van der Waals surface area (Å²) < 4.78 is 0. The van der Waals surface area contributed by atoms with Gasteiger partial charge in [-0.25, -0.2) is 29.9 Å². The Kier molecular flexibility index (Phi) is 12.1. The van der Waals surface area contributed by atoms with Crippen LogP contribution >= 0.6 is 0 Å². The Hall–Kier alpha value is -10.8. The molecule has 0 radical (unpaired) electrons. The van der Waals surface area contributed by atoms with E-state index in [2.05, 4.69) is 213 Å². The van der Waals surface area contributed by atoms with E-state index in [0.29, 0.717) is 0 Å². The van der Waals surface area contributed by atoms with Crippen molar-refractivity contribution in [1.29, 1.82) is 0 Å². The topological polar surface area (TPSA) is 77.3 Å². The van der Waals surface area contributed by atoms with Crippen LogP contribution in [0.1, 0.15) is 5.69 Å². The van der Waals surface area contributed by atoms with Gasteiger partial charge in [-0.3, -0.25) is 0 Å². The smallest absolute Gasteiger partial charge is 0.0894 e. The standard InChI is InChI=1S/C74H48N6/c1-3-4-5-6-7-18-48-19-8-9-20-49(48)41-47(2)63-29-35-70-69(75-63)36-30-64(76-70)52-42-53(65-31-37-73-71(77-65)39-33-67(79-73)61-45-50-21-10-12-23-55(50)57-25-14-16-27-59(57)61)44-54(43-52)66-32-38-74-72(78-66)40-34-68(80-74)62-46-51-22-11-13-24-56(51)58-26-15-17-28-60(58)62/h3-46H,1-2H2/b5-4-,7-6-,48-18-,49-41-. The van der Waals surface area contributed by atoms with Crippen LogP contribution in [0.25, 0.3) is 150 Å². The third-order valence-electron chi connectivity index (χ3n) is 14.9. The Bertz CT molecular complexity index is 4850. The lowest BCUT2D eigenvalue weighted by Crippen LogP contribution is -2.23. The van der Waals surface area contributed by atoms with Crippen LogP contribution < -0.4 is 10.4 Å².